The van der Waals surface area contributed by atoms with Gasteiger partial charge in [-0.3, -0.25) is 9.59 Å². The zero-order valence-corrected chi connectivity index (χ0v) is 14.0. The Morgan fingerprint density at radius 3 is 2.35 bits per heavy atom. The zero-order valence-electron chi connectivity index (χ0n) is 11.7. The summed E-state index contributed by atoms with van der Waals surface area (Å²) in [5.74, 6) is -0.179. The summed E-state index contributed by atoms with van der Waals surface area (Å²) in [7, 11) is 1.61. The van der Waals surface area contributed by atoms with E-state index in [-0.39, 0.29) is 29.1 Å². The molecule has 1 N–H and O–H groups in total. The van der Waals surface area contributed by atoms with Gasteiger partial charge in [0.25, 0.3) is 0 Å². The van der Waals surface area contributed by atoms with Crippen LogP contribution in [-0.2, 0) is 9.59 Å². The SMILES string of the molecule is CC(C)C(Br)C(=O)N(C)CC(=O)Nc1ccc(Cl)cc1. The van der Waals surface area contributed by atoms with Crippen LogP contribution in [0.3, 0.4) is 0 Å². The number of likely N-dealkylation sites (N-methyl/N-ethyl adjacent to an activating group) is 1. The number of rotatable bonds is 5. The van der Waals surface area contributed by atoms with Crippen molar-refractivity contribution >= 4 is 45.0 Å². The number of hydrogen-bond acceptors (Lipinski definition) is 2. The molecular weight excluding hydrogens is 344 g/mol. The van der Waals surface area contributed by atoms with Gasteiger partial charge in [0.15, 0.2) is 0 Å². The normalized spacial score (nSPS) is 12.1. The van der Waals surface area contributed by atoms with Crippen LogP contribution in [0.2, 0.25) is 5.02 Å². The van der Waals surface area contributed by atoms with Gasteiger partial charge in [0.05, 0.1) is 11.4 Å². The standard InChI is InChI=1S/C14H18BrClN2O2/c1-9(2)13(15)14(20)18(3)8-12(19)17-11-6-4-10(16)5-7-11/h4-7,9,13H,8H2,1-3H3,(H,17,19). The van der Waals surface area contributed by atoms with E-state index in [4.69, 9.17) is 11.6 Å². The van der Waals surface area contributed by atoms with Gasteiger partial charge in [-0.1, -0.05) is 41.4 Å². The predicted molar refractivity (Wildman–Crippen MR) is 85.3 cm³/mol. The molecule has 6 heteroatoms. The van der Waals surface area contributed by atoms with Crippen LogP contribution in [0.4, 0.5) is 5.69 Å². The third-order valence-electron chi connectivity index (χ3n) is 2.71. The number of carbonyl (C=O) groups is 2. The minimum atomic E-state index is -0.282. The molecule has 0 aliphatic heterocycles. The summed E-state index contributed by atoms with van der Waals surface area (Å²) in [4.78, 5) is 25.0. The molecule has 4 nitrogen and oxygen atoms in total. The first-order valence-corrected chi connectivity index (χ1v) is 7.55. The molecule has 2 amide bonds. The van der Waals surface area contributed by atoms with Crippen molar-refractivity contribution in [1.82, 2.24) is 4.90 Å². The fourth-order valence-electron chi connectivity index (χ4n) is 1.52. The molecule has 20 heavy (non-hydrogen) atoms. The second-order valence-corrected chi connectivity index (χ2v) is 6.32. The maximum Gasteiger partial charge on any atom is 0.243 e. The number of amides is 2. The molecular formula is C14H18BrClN2O2. The van der Waals surface area contributed by atoms with E-state index in [1.165, 1.54) is 4.90 Å². The van der Waals surface area contributed by atoms with Gasteiger partial charge in [0, 0.05) is 17.8 Å². The Hall–Kier alpha value is -1.07. The quantitative estimate of drug-likeness (QED) is 0.819. The topological polar surface area (TPSA) is 49.4 Å². The molecule has 0 aromatic heterocycles. The van der Waals surface area contributed by atoms with E-state index in [0.29, 0.717) is 10.7 Å². The predicted octanol–water partition coefficient (Wildman–Crippen LogP) is 3.16. The Balaban J connectivity index is 2.53. The first kappa shape index (κ1) is 17.0. The van der Waals surface area contributed by atoms with E-state index in [1.807, 2.05) is 13.8 Å². The molecule has 0 heterocycles. The summed E-state index contributed by atoms with van der Waals surface area (Å²) in [6.07, 6.45) is 0. The van der Waals surface area contributed by atoms with E-state index in [2.05, 4.69) is 21.2 Å². The maximum atomic E-state index is 12.0. The Bertz CT molecular complexity index is 477. The van der Waals surface area contributed by atoms with Crippen molar-refractivity contribution in [3.05, 3.63) is 29.3 Å². The highest BCUT2D eigenvalue weighted by atomic mass is 79.9. The number of carbonyl (C=O) groups excluding carboxylic acids is 2. The summed E-state index contributed by atoms with van der Waals surface area (Å²) in [5, 5.41) is 3.32. The molecule has 0 aliphatic rings. The Kier molecular flexibility index (Phi) is 6.49. The maximum absolute atomic E-state index is 12.0. The molecule has 0 radical (unpaired) electrons. The lowest BCUT2D eigenvalue weighted by molar-refractivity contribution is -0.133. The fraction of sp³-hybridized carbons (Fsp3) is 0.429. The average Bonchev–Trinajstić information content (AvgIpc) is 2.39. The first-order valence-electron chi connectivity index (χ1n) is 6.25. The van der Waals surface area contributed by atoms with Crippen LogP contribution < -0.4 is 5.32 Å². The molecule has 0 saturated carbocycles. The number of nitrogens with one attached hydrogen (secondary N) is 1. The van der Waals surface area contributed by atoms with Gasteiger partial charge in [0.2, 0.25) is 11.8 Å². The van der Waals surface area contributed by atoms with Gasteiger partial charge in [-0.05, 0) is 30.2 Å². The van der Waals surface area contributed by atoms with Crippen molar-refractivity contribution in [3.63, 3.8) is 0 Å². The Morgan fingerprint density at radius 1 is 1.30 bits per heavy atom. The molecule has 1 atom stereocenters. The molecule has 0 spiro atoms. The Labute approximate surface area is 132 Å². The molecule has 0 aliphatic carbocycles. The molecule has 1 unspecified atom stereocenters. The molecule has 110 valence electrons. The van der Waals surface area contributed by atoms with Gasteiger partial charge in [-0.25, -0.2) is 0 Å². The molecule has 1 aromatic carbocycles. The van der Waals surface area contributed by atoms with Crippen molar-refractivity contribution in [2.24, 2.45) is 5.92 Å². The second kappa shape index (κ2) is 7.64. The number of anilines is 1. The molecule has 1 aromatic rings. The summed E-state index contributed by atoms with van der Waals surface area (Å²) >= 11 is 9.10. The van der Waals surface area contributed by atoms with Crippen molar-refractivity contribution in [2.75, 3.05) is 18.9 Å². The number of alkyl halides is 1. The van der Waals surface area contributed by atoms with Gasteiger partial charge < -0.3 is 10.2 Å². The third kappa shape index (κ3) is 5.13. The summed E-state index contributed by atoms with van der Waals surface area (Å²) < 4.78 is 0. The highest BCUT2D eigenvalue weighted by Gasteiger charge is 2.23. The molecule has 0 fully saturated rings. The summed E-state index contributed by atoms with van der Waals surface area (Å²) in [6, 6.07) is 6.81. The highest BCUT2D eigenvalue weighted by molar-refractivity contribution is 9.10. The second-order valence-electron chi connectivity index (χ2n) is 4.90. The van der Waals surface area contributed by atoms with Crippen molar-refractivity contribution < 1.29 is 9.59 Å². The van der Waals surface area contributed by atoms with E-state index >= 15 is 0 Å². The van der Waals surface area contributed by atoms with Crippen LogP contribution in [0.25, 0.3) is 0 Å². The summed E-state index contributed by atoms with van der Waals surface area (Å²) in [6.45, 7) is 3.90. The van der Waals surface area contributed by atoms with Gasteiger partial charge in [-0.2, -0.15) is 0 Å². The van der Waals surface area contributed by atoms with Crippen molar-refractivity contribution in [3.8, 4) is 0 Å². The van der Waals surface area contributed by atoms with Gasteiger partial charge in [0.1, 0.15) is 0 Å². The number of benzene rings is 1. The van der Waals surface area contributed by atoms with Crippen LogP contribution in [0.1, 0.15) is 13.8 Å². The van der Waals surface area contributed by atoms with E-state index in [1.54, 1.807) is 31.3 Å². The van der Waals surface area contributed by atoms with E-state index in [9.17, 15) is 9.59 Å². The van der Waals surface area contributed by atoms with Crippen LogP contribution in [0.5, 0.6) is 0 Å². The smallest absolute Gasteiger partial charge is 0.243 e. The Morgan fingerprint density at radius 2 is 1.85 bits per heavy atom. The third-order valence-corrected chi connectivity index (χ3v) is 4.41. The minimum absolute atomic E-state index is 0.0102. The fourth-order valence-corrected chi connectivity index (χ4v) is 2.00. The van der Waals surface area contributed by atoms with Crippen LogP contribution in [0, 0.1) is 5.92 Å². The highest BCUT2D eigenvalue weighted by Crippen LogP contribution is 2.15. The first-order chi connectivity index (χ1) is 9.31. The van der Waals surface area contributed by atoms with Crippen LogP contribution in [0.15, 0.2) is 24.3 Å². The van der Waals surface area contributed by atoms with E-state index < -0.39 is 0 Å². The molecule has 0 saturated heterocycles. The van der Waals surface area contributed by atoms with E-state index in [0.717, 1.165) is 0 Å². The van der Waals surface area contributed by atoms with Crippen LogP contribution in [-0.4, -0.2) is 35.1 Å². The monoisotopic (exact) mass is 360 g/mol. The number of halogens is 2. The van der Waals surface area contributed by atoms with Crippen molar-refractivity contribution in [1.29, 1.82) is 0 Å². The largest absolute Gasteiger partial charge is 0.335 e. The number of hydrogen-bond donors (Lipinski definition) is 1. The van der Waals surface area contributed by atoms with Crippen molar-refractivity contribution in [2.45, 2.75) is 18.7 Å². The van der Waals surface area contributed by atoms with Crippen LogP contribution >= 0.6 is 27.5 Å². The summed E-state index contributed by atoms with van der Waals surface area (Å²) in [5.41, 5.74) is 0.652. The van der Waals surface area contributed by atoms with Gasteiger partial charge >= 0.3 is 0 Å². The zero-order chi connectivity index (χ0) is 15.3. The average molecular weight is 362 g/mol. The lowest BCUT2D eigenvalue weighted by Gasteiger charge is -2.22. The number of nitrogens with zero attached hydrogens (tertiary/aromatic N) is 1. The lowest BCUT2D eigenvalue weighted by atomic mass is 10.1. The lowest BCUT2D eigenvalue weighted by Crippen LogP contribution is -2.40. The van der Waals surface area contributed by atoms with Gasteiger partial charge in [-0.15, -0.1) is 0 Å². The minimum Gasteiger partial charge on any atom is -0.335 e. The molecule has 0 bridgehead atoms. The molecule has 1 rings (SSSR count).